The molecule has 2 N–H and O–H groups in total. The minimum atomic E-state index is -0.617. The van der Waals surface area contributed by atoms with Gasteiger partial charge in [0.05, 0.1) is 30.2 Å². The molecule has 4 rings (SSSR count). The molecule has 1 aromatic heterocycles. The number of carbonyl (C=O) groups is 1. The number of hydrogen-bond donors (Lipinski definition) is 2. The number of benzene rings is 3. The number of para-hydroxylation sites is 1. The van der Waals surface area contributed by atoms with E-state index in [2.05, 4.69) is 15.3 Å². The van der Waals surface area contributed by atoms with E-state index in [0.29, 0.717) is 28.2 Å². The number of amides is 1. The molecule has 0 fully saturated rings. The molecule has 0 aliphatic rings. The van der Waals surface area contributed by atoms with E-state index >= 15 is 0 Å². The van der Waals surface area contributed by atoms with Crippen LogP contribution in [0.4, 0.5) is 5.69 Å². The van der Waals surface area contributed by atoms with Gasteiger partial charge in [-0.05, 0) is 49.4 Å². The lowest BCUT2D eigenvalue weighted by molar-refractivity contribution is -0.121. The molecule has 168 valence electrons. The highest BCUT2D eigenvalue weighted by Gasteiger charge is 2.27. The molecular formula is C26H26N4O3. The summed E-state index contributed by atoms with van der Waals surface area (Å²) >= 11 is 0. The highest BCUT2D eigenvalue weighted by atomic mass is 16.5. The first-order valence-corrected chi connectivity index (χ1v) is 10.6. The van der Waals surface area contributed by atoms with Crippen LogP contribution in [0.2, 0.25) is 0 Å². The molecule has 1 atom stereocenters. The second kappa shape index (κ2) is 9.67. The first-order chi connectivity index (χ1) is 16.0. The number of carbonyl (C=O) groups excluding carboxylic acids is 1. The van der Waals surface area contributed by atoms with E-state index in [-0.39, 0.29) is 18.0 Å². The van der Waals surface area contributed by atoms with Crippen molar-refractivity contribution in [2.45, 2.75) is 19.5 Å². The average molecular weight is 443 g/mol. The Morgan fingerprint density at radius 3 is 2.58 bits per heavy atom. The van der Waals surface area contributed by atoms with Gasteiger partial charge in [-0.2, -0.15) is 0 Å². The van der Waals surface area contributed by atoms with E-state index in [1.165, 1.54) is 0 Å². The van der Waals surface area contributed by atoms with Gasteiger partial charge in [0.15, 0.2) is 0 Å². The number of hydrogen-bond acceptors (Lipinski definition) is 5. The Morgan fingerprint density at radius 2 is 1.82 bits per heavy atom. The maximum absolute atomic E-state index is 13.5. The quantitative estimate of drug-likeness (QED) is 0.451. The summed E-state index contributed by atoms with van der Waals surface area (Å²) in [4.78, 5) is 35.3. The number of aromatic nitrogens is 2. The number of H-pyrrole nitrogens is 1. The van der Waals surface area contributed by atoms with Gasteiger partial charge in [-0.15, -0.1) is 0 Å². The van der Waals surface area contributed by atoms with Crippen molar-refractivity contribution in [1.29, 1.82) is 0 Å². The molecule has 3 aromatic carbocycles. The van der Waals surface area contributed by atoms with Gasteiger partial charge in [-0.1, -0.05) is 48.5 Å². The maximum Gasteiger partial charge on any atom is 0.258 e. The van der Waals surface area contributed by atoms with Gasteiger partial charge >= 0.3 is 0 Å². The van der Waals surface area contributed by atoms with E-state index in [4.69, 9.17) is 4.74 Å². The Labute approximate surface area is 192 Å². The van der Waals surface area contributed by atoms with E-state index in [0.717, 1.165) is 11.1 Å². The molecule has 1 heterocycles. The summed E-state index contributed by atoms with van der Waals surface area (Å²) in [5.41, 5.74) is 2.86. The summed E-state index contributed by atoms with van der Waals surface area (Å²) in [6.07, 6.45) is 0. The van der Waals surface area contributed by atoms with E-state index in [1.54, 1.807) is 25.3 Å². The zero-order chi connectivity index (χ0) is 23.4. The van der Waals surface area contributed by atoms with Gasteiger partial charge in [0.25, 0.3) is 5.56 Å². The lowest BCUT2D eigenvalue weighted by Gasteiger charge is -2.27. The first-order valence-electron chi connectivity index (χ1n) is 10.6. The lowest BCUT2D eigenvalue weighted by atomic mass is 10.0. The van der Waals surface area contributed by atoms with Crippen LogP contribution in [0, 0.1) is 6.92 Å². The second-order valence-electron chi connectivity index (χ2n) is 7.95. The number of methoxy groups -OCH3 is 1. The smallest absolute Gasteiger partial charge is 0.258 e. The van der Waals surface area contributed by atoms with Crippen molar-refractivity contribution in [3.8, 4) is 5.75 Å². The van der Waals surface area contributed by atoms with Crippen molar-refractivity contribution in [2.24, 2.45) is 0 Å². The van der Waals surface area contributed by atoms with E-state index in [1.807, 2.05) is 73.5 Å². The van der Waals surface area contributed by atoms with E-state index in [9.17, 15) is 9.59 Å². The van der Waals surface area contributed by atoms with Crippen LogP contribution >= 0.6 is 0 Å². The summed E-state index contributed by atoms with van der Waals surface area (Å²) in [6.45, 7) is 2.23. The van der Waals surface area contributed by atoms with Crippen LogP contribution in [-0.4, -0.2) is 34.9 Å². The molecule has 0 unspecified atom stereocenters. The number of fused-ring (bicyclic) bond motifs is 1. The maximum atomic E-state index is 13.5. The van der Waals surface area contributed by atoms with Gasteiger partial charge in [-0.25, -0.2) is 4.98 Å². The first kappa shape index (κ1) is 22.2. The third-order valence-corrected chi connectivity index (χ3v) is 5.48. The van der Waals surface area contributed by atoms with Crippen molar-refractivity contribution < 1.29 is 9.53 Å². The Balaban J connectivity index is 1.66. The Morgan fingerprint density at radius 1 is 1.09 bits per heavy atom. The minimum absolute atomic E-state index is 0.200. The molecule has 0 bridgehead atoms. The van der Waals surface area contributed by atoms with Gasteiger partial charge in [0.2, 0.25) is 5.91 Å². The number of nitrogens with one attached hydrogen (secondary N) is 2. The van der Waals surface area contributed by atoms with Crippen LogP contribution in [0.15, 0.2) is 77.6 Å². The van der Waals surface area contributed by atoms with Crippen molar-refractivity contribution in [2.75, 3.05) is 19.5 Å². The number of aromatic amines is 1. The van der Waals surface area contributed by atoms with Crippen LogP contribution in [0.1, 0.15) is 23.0 Å². The molecule has 33 heavy (non-hydrogen) atoms. The number of rotatable bonds is 7. The molecule has 7 nitrogen and oxygen atoms in total. The van der Waals surface area contributed by atoms with Crippen LogP contribution in [-0.2, 0) is 11.3 Å². The topological polar surface area (TPSA) is 87.3 Å². The summed E-state index contributed by atoms with van der Waals surface area (Å²) in [5, 5.41) is 3.55. The van der Waals surface area contributed by atoms with Crippen molar-refractivity contribution in [3.05, 3.63) is 100 Å². The van der Waals surface area contributed by atoms with Crippen LogP contribution < -0.4 is 15.6 Å². The number of likely N-dealkylation sites (N-methyl/N-ethyl adjacent to an activating group) is 1. The summed E-state index contributed by atoms with van der Waals surface area (Å²) in [5.74, 6) is 0.864. The highest BCUT2D eigenvalue weighted by molar-refractivity contribution is 5.96. The van der Waals surface area contributed by atoms with Gasteiger partial charge in [0, 0.05) is 0 Å². The van der Waals surface area contributed by atoms with Gasteiger partial charge < -0.3 is 15.0 Å². The summed E-state index contributed by atoms with van der Waals surface area (Å²) in [7, 11) is 3.41. The third-order valence-electron chi connectivity index (χ3n) is 5.48. The van der Waals surface area contributed by atoms with Crippen molar-refractivity contribution in [1.82, 2.24) is 14.9 Å². The molecule has 0 saturated carbocycles. The number of anilines is 1. The summed E-state index contributed by atoms with van der Waals surface area (Å²) in [6, 6.07) is 21.7. The average Bonchev–Trinajstić information content (AvgIpc) is 2.80. The molecule has 7 heteroatoms. The molecule has 1 amide bonds. The Hall–Kier alpha value is -3.97. The van der Waals surface area contributed by atoms with Crippen molar-refractivity contribution >= 4 is 22.5 Å². The van der Waals surface area contributed by atoms with Crippen LogP contribution in [0.5, 0.6) is 5.75 Å². The normalized spacial score (nSPS) is 12.0. The summed E-state index contributed by atoms with van der Waals surface area (Å²) < 4.78 is 5.42. The SMILES string of the molecule is COc1ccc(C)cc1NC(=O)[C@H](c1ccccc1)N(C)Cc1nc2ccccc2c(=O)[nH]1. The van der Waals surface area contributed by atoms with Crippen LogP contribution in [0.3, 0.4) is 0 Å². The van der Waals surface area contributed by atoms with E-state index < -0.39 is 6.04 Å². The monoisotopic (exact) mass is 442 g/mol. The van der Waals surface area contributed by atoms with Gasteiger partial charge in [0.1, 0.15) is 17.6 Å². The van der Waals surface area contributed by atoms with Gasteiger partial charge in [-0.3, -0.25) is 14.5 Å². The molecule has 0 aliphatic carbocycles. The van der Waals surface area contributed by atoms with Crippen molar-refractivity contribution in [3.63, 3.8) is 0 Å². The zero-order valence-corrected chi connectivity index (χ0v) is 18.8. The second-order valence-corrected chi connectivity index (χ2v) is 7.95. The Kier molecular flexibility index (Phi) is 6.51. The highest BCUT2D eigenvalue weighted by Crippen LogP contribution is 2.28. The standard InChI is InChI=1S/C26H26N4O3/c1-17-13-14-22(33-3)21(15-17)28-26(32)24(18-9-5-4-6-10-18)30(2)16-23-27-20-12-8-7-11-19(20)25(31)29-23/h4-15,24H,16H2,1-3H3,(H,28,32)(H,27,29,31)/t24-/m0/s1. The predicted octanol–water partition coefficient (Wildman–Crippen LogP) is 4.05. The number of aryl methyl sites for hydroxylation is 1. The fourth-order valence-corrected chi connectivity index (χ4v) is 3.90. The molecule has 0 saturated heterocycles. The molecule has 0 spiro atoms. The lowest BCUT2D eigenvalue weighted by Crippen LogP contribution is -2.35. The molecule has 4 aromatic rings. The molecule has 0 aliphatic heterocycles. The Bertz CT molecular complexity index is 1330. The largest absolute Gasteiger partial charge is 0.495 e. The zero-order valence-electron chi connectivity index (χ0n) is 18.8. The third kappa shape index (κ3) is 4.94. The minimum Gasteiger partial charge on any atom is -0.495 e. The van der Waals surface area contributed by atoms with Crippen LogP contribution in [0.25, 0.3) is 10.9 Å². The molecule has 0 radical (unpaired) electrons. The number of nitrogens with zero attached hydrogens (tertiary/aromatic N) is 2. The molecular weight excluding hydrogens is 416 g/mol. The fourth-order valence-electron chi connectivity index (χ4n) is 3.90. The number of ether oxygens (including phenoxy) is 1. The predicted molar refractivity (Wildman–Crippen MR) is 129 cm³/mol. The fraction of sp³-hybridized carbons (Fsp3) is 0.192.